The monoisotopic (exact) mass is 329 g/mol. The van der Waals surface area contributed by atoms with Crippen molar-refractivity contribution in [2.45, 2.75) is 6.61 Å². The molecule has 0 fully saturated rings. The van der Waals surface area contributed by atoms with Gasteiger partial charge in [-0.3, -0.25) is 0 Å². The van der Waals surface area contributed by atoms with Gasteiger partial charge in [-0.15, -0.1) is 0 Å². The van der Waals surface area contributed by atoms with E-state index in [4.69, 9.17) is 22.1 Å². The smallest absolute Gasteiger partial charge is 0.124 e. The first-order valence-electron chi connectivity index (χ1n) is 5.17. The van der Waals surface area contributed by atoms with Crippen LogP contribution < -0.4 is 10.5 Å². The van der Waals surface area contributed by atoms with Crippen LogP contribution in [0.1, 0.15) is 5.56 Å². The topological polar surface area (TPSA) is 35.2 Å². The minimum Gasteiger partial charge on any atom is -0.489 e. The highest BCUT2D eigenvalue weighted by molar-refractivity contribution is 9.10. The summed E-state index contributed by atoms with van der Waals surface area (Å²) in [5.74, 6) is 0.285. The Morgan fingerprint density at radius 1 is 1.22 bits per heavy atom. The number of nitrogens with two attached hydrogens (primary N) is 1. The zero-order valence-electron chi connectivity index (χ0n) is 9.29. The SMILES string of the molecule is Nc1ccc(OCc2cc(F)cc(Br)c2)cc1Cl. The van der Waals surface area contributed by atoms with Gasteiger partial charge < -0.3 is 10.5 Å². The van der Waals surface area contributed by atoms with E-state index in [2.05, 4.69) is 15.9 Å². The molecule has 0 heterocycles. The second-order valence-corrected chi connectivity index (χ2v) is 5.07. The van der Waals surface area contributed by atoms with Gasteiger partial charge in [0.1, 0.15) is 18.2 Å². The quantitative estimate of drug-likeness (QED) is 0.846. The molecular weight excluding hydrogens is 321 g/mol. The lowest BCUT2D eigenvalue weighted by molar-refractivity contribution is 0.305. The molecule has 2 rings (SSSR count). The molecule has 0 aromatic heterocycles. The minimum absolute atomic E-state index is 0.261. The molecule has 94 valence electrons. The number of hydrogen-bond acceptors (Lipinski definition) is 2. The van der Waals surface area contributed by atoms with E-state index in [-0.39, 0.29) is 12.4 Å². The van der Waals surface area contributed by atoms with Crippen molar-refractivity contribution < 1.29 is 9.13 Å². The van der Waals surface area contributed by atoms with E-state index < -0.39 is 0 Å². The Hall–Kier alpha value is -1.26. The van der Waals surface area contributed by atoms with Crippen molar-refractivity contribution in [2.75, 3.05) is 5.73 Å². The van der Waals surface area contributed by atoms with E-state index >= 15 is 0 Å². The van der Waals surface area contributed by atoms with Gasteiger partial charge in [0.2, 0.25) is 0 Å². The van der Waals surface area contributed by atoms with Crippen LogP contribution in [0.3, 0.4) is 0 Å². The van der Waals surface area contributed by atoms with Gasteiger partial charge >= 0.3 is 0 Å². The molecule has 0 aliphatic carbocycles. The highest BCUT2D eigenvalue weighted by Gasteiger charge is 2.02. The Kier molecular flexibility index (Phi) is 4.09. The molecule has 18 heavy (non-hydrogen) atoms. The van der Waals surface area contributed by atoms with Crippen LogP contribution >= 0.6 is 27.5 Å². The van der Waals surface area contributed by atoms with Crippen LogP contribution in [-0.4, -0.2) is 0 Å². The summed E-state index contributed by atoms with van der Waals surface area (Å²) in [4.78, 5) is 0. The highest BCUT2D eigenvalue weighted by atomic mass is 79.9. The molecule has 0 saturated heterocycles. The van der Waals surface area contributed by atoms with Crippen LogP contribution in [0, 0.1) is 5.82 Å². The molecule has 0 aliphatic heterocycles. The summed E-state index contributed by atoms with van der Waals surface area (Å²) in [6.07, 6.45) is 0. The van der Waals surface area contributed by atoms with Crippen LogP contribution in [0.15, 0.2) is 40.9 Å². The molecular formula is C13H10BrClFNO. The maximum Gasteiger partial charge on any atom is 0.124 e. The standard InChI is InChI=1S/C13H10BrClFNO/c14-9-3-8(4-10(16)5-9)7-18-11-1-2-13(17)12(15)6-11/h1-6H,7,17H2. The van der Waals surface area contributed by atoms with E-state index in [1.54, 1.807) is 24.3 Å². The summed E-state index contributed by atoms with van der Waals surface area (Å²) >= 11 is 9.10. The molecule has 0 spiro atoms. The van der Waals surface area contributed by atoms with Crippen molar-refractivity contribution in [3.63, 3.8) is 0 Å². The van der Waals surface area contributed by atoms with Crippen LogP contribution in [0.2, 0.25) is 5.02 Å². The largest absolute Gasteiger partial charge is 0.489 e. The lowest BCUT2D eigenvalue weighted by Gasteiger charge is -2.08. The fourth-order valence-corrected chi connectivity index (χ4v) is 2.14. The number of nitrogen functional groups attached to an aromatic ring is 1. The van der Waals surface area contributed by atoms with E-state index in [0.29, 0.717) is 20.9 Å². The maximum atomic E-state index is 13.1. The highest BCUT2D eigenvalue weighted by Crippen LogP contribution is 2.25. The predicted molar refractivity (Wildman–Crippen MR) is 74.3 cm³/mol. The Bertz CT molecular complexity index is 557. The summed E-state index contributed by atoms with van der Waals surface area (Å²) in [5, 5.41) is 0.438. The van der Waals surface area contributed by atoms with Gasteiger partial charge in [-0.2, -0.15) is 0 Å². The minimum atomic E-state index is -0.307. The molecule has 0 radical (unpaired) electrons. The van der Waals surface area contributed by atoms with Gasteiger partial charge in [-0.1, -0.05) is 27.5 Å². The maximum absolute atomic E-state index is 13.1. The number of rotatable bonds is 3. The first kappa shape index (κ1) is 13.2. The van der Waals surface area contributed by atoms with Gasteiger partial charge in [0.25, 0.3) is 0 Å². The van der Waals surface area contributed by atoms with Crippen molar-refractivity contribution in [2.24, 2.45) is 0 Å². The van der Waals surface area contributed by atoms with E-state index in [0.717, 1.165) is 5.56 Å². The van der Waals surface area contributed by atoms with Crippen molar-refractivity contribution in [3.8, 4) is 5.75 Å². The van der Waals surface area contributed by atoms with Gasteiger partial charge in [0, 0.05) is 10.5 Å². The van der Waals surface area contributed by atoms with Gasteiger partial charge in [0.05, 0.1) is 10.7 Å². The molecule has 0 amide bonds. The first-order valence-corrected chi connectivity index (χ1v) is 6.34. The van der Waals surface area contributed by atoms with Gasteiger partial charge in [0.15, 0.2) is 0 Å². The zero-order chi connectivity index (χ0) is 13.1. The third kappa shape index (κ3) is 3.37. The summed E-state index contributed by atoms with van der Waals surface area (Å²) in [7, 11) is 0. The second-order valence-electron chi connectivity index (χ2n) is 3.75. The second kappa shape index (κ2) is 5.59. The molecule has 0 bridgehead atoms. The average molecular weight is 331 g/mol. The number of hydrogen-bond donors (Lipinski definition) is 1. The lowest BCUT2D eigenvalue weighted by atomic mass is 10.2. The zero-order valence-corrected chi connectivity index (χ0v) is 11.6. The fraction of sp³-hybridized carbons (Fsp3) is 0.0769. The predicted octanol–water partition coefficient (Wildman–Crippen LogP) is 4.40. The third-order valence-electron chi connectivity index (χ3n) is 2.30. The Balaban J connectivity index is 2.08. The normalized spacial score (nSPS) is 10.4. The Morgan fingerprint density at radius 2 is 2.00 bits per heavy atom. The molecule has 0 unspecified atom stereocenters. The van der Waals surface area contributed by atoms with Gasteiger partial charge in [-0.05, 0) is 35.9 Å². The van der Waals surface area contributed by atoms with E-state index in [1.807, 2.05) is 0 Å². The van der Waals surface area contributed by atoms with Crippen LogP contribution in [0.4, 0.5) is 10.1 Å². The van der Waals surface area contributed by atoms with Crippen LogP contribution in [0.25, 0.3) is 0 Å². The van der Waals surface area contributed by atoms with Crippen molar-refractivity contribution >= 4 is 33.2 Å². The molecule has 0 aliphatic rings. The van der Waals surface area contributed by atoms with Crippen LogP contribution in [0.5, 0.6) is 5.75 Å². The molecule has 0 atom stereocenters. The van der Waals surface area contributed by atoms with Crippen molar-refractivity contribution in [3.05, 3.63) is 57.3 Å². The fourth-order valence-electron chi connectivity index (χ4n) is 1.46. The molecule has 5 heteroatoms. The molecule has 2 aromatic rings. The summed E-state index contributed by atoms with van der Waals surface area (Å²) in [5.41, 5.74) is 6.82. The average Bonchev–Trinajstić information content (AvgIpc) is 2.29. The third-order valence-corrected chi connectivity index (χ3v) is 3.08. The van der Waals surface area contributed by atoms with E-state index in [9.17, 15) is 4.39 Å². The molecule has 2 nitrogen and oxygen atoms in total. The van der Waals surface area contributed by atoms with Crippen molar-refractivity contribution in [1.29, 1.82) is 0 Å². The Labute approximate surface area is 118 Å². The lowest BCUT2D eigenvalue weighted by Crippen LogP contribution is -1.97. The summed E-state index contributed by atoms with van der Waals surface area (Å²) < 4.78 is 19.3. The summed E-state index contributed by atoms with van der Waals surface area (Å²) in [6, 6.07) is 9.62. The summed E-state index contributed by atoms with van der Waals surface area (Å²) in [6.45, 7) is 0.261. The Morgan fingerprint density at radius 3 is 2.67 bits per heavy atom. The molecule has 2 N–H and O–H groups in total. The first-order chi connectivity index (χ1) is 8.54. The van der Waals surface area contributed by atoms with E-state index in [1.165, 1.54) is 12.1 Å². The van der Waals surface area contributed by atoms with Gasteiger partial charge in [-0.25, -0.2) is 4.39 Å². The number of anilines is 1. The number of halogens is 3. The van der Waals surface area contributed by atoms with Crippen molar-refractivity contribution in [1.82, 2.24) is 0 Å². The molecule has 2 aromatic carbocycles. The molecule has 0 saturated carbocycles. The number of benzene rings is 2. The number of ether oxygens (including phenoxy) is 1. The van der Waals surface area contributed by atoms with Crippen LogP contribution in [-0.2, 0) is 6.61 Å².